The first-order chi connectivity index (χ1) is 12.5. The Balaban J connectivity index is -0.000000384. The van der Waals surface area contributed by atoms with Gasteiger partial charge in [0.2, 0.25) is 0 Å². The van der Waals surface area contributed by atoms with E-state index in [0.717, 1.165) is 0 Å². The van der Waals surface area contributed by atoms with Crippen molar-refractivity contribution in [1.82, 2.24) is 0 Å². The number of hydrogen-bond acceptors (Lipinski definition) is 0. The first-order valence-electron chi connectivity index (χ1n) is 10.5. The molecular formula is C26H46Cl2FeP2Pd-6. The molecule has 0 amide bonds. The summed E-state index contributed by atoms with van der Waals surface area (Å²) in [5, 5.41) is 4.63. The molecule has 0 aliphatic carbocycles. The van der Waals surface area contributed by atoms with Crippen LogP contribution in [-0.4, -0.2) is 20.6 Å². The van der Waals surface area contributed by atoms with Crippen LogP contribution in [0.1, 0.15) is 83.1 Å². The van der Waals surface area contributed by atoms with Gasteiger partial charge in [-0.2, -0.15) is 6.07 Å². The molecule has 0 aliphatic heterocycles. The van der Waals surface area contributed by atoms with Crippen LogP contribution in [-0.2, 0) is 37.5 Å². The van der Waals surface area contributed by atoms with Crippen LogP contribution < -0.4 is 10.6 Å². The van der Waals surface area contributed by atoms with Crippen molar-refractivity contribution < 1.29 is 37.5 Å². The van der Waals surface area contributed by atoms with Gasteiger partial charge in [-0.1, -0.05) is 91.0 Å². The smallest absolute Gasteiger partial charge is 0 e. The third-order valence-corrected chi connectivity index (χ3v) is 11.8. The third-order valence-electron chi connectivity index (χ3n) is 4.49. The van der Waals surface area contributed by atoms with Crippen molar-refractivity contribution in [2.45, 2.75) is 104 Å². The van der Waals surface area contributed by atoms with Crippen LogP contribution in [0.25, 0.3) is 0 Å². The van der Waals surface area contributed by atoms with E-state index in [0.29, 0.717) is 20.6 Å². The van der Waals surface area contributed by atoms with E-state index >= 15 is 0 Å². The maximum Gasteiger partial charge on any atom is 0 e. The van der Waals surface area contributed by atoms with Crippen LogP contribution in [0.5, 0.6) is 0 Å². The summed E-state index contributed by atoms with van der Waals surface area (Å²) >= 11 is 0. The van der Waals surface area contributed by atoms with Crippen LogP contribution in [0.4, 0.5) is 0 Å². The van der Waals surface area contributed by atoms with E-state index in [1.807, 2.05) is 30.3 Å². The predicted molar refractivity (Wildman–Crippen MR) is 151 cm³/mol. The number of hydrogen-bond donors (Lipinski definition) is 0. The van der Waals surface area contributed by atoms with Gasteiger partial charge in [-0.3, -0.25) is 0 Å². The molecule has 6 heteroatoms. The Morgan fingerprint density at radius 2 is 0.938 bits per heavy atom. The van der Waals surface area contributed by atoms with E-state index in [1.165, 1.54) is 0 Å². The summed E-state index contributed by atoms with van der Waals surface area (Å²) in [5.74, 6) is 0. The molecule has 0 bridgehead atoms. The van der Waals surface area contributed by atoms with Crippen LogP contribution >= 0.6 is 40.7 Å². The largest absolute Gasteiger partial charge is 0.748 e. The first kappa shape index (κ1) is 40.5. The van der Waals surface area contributed by atoms with Gasteiger partial charge in [0.05, 0.1) is 0 Å². The molecule has 0 saturated heterocycles. The van der Waals surface area contributed by atoms with Gasteiger partial charge < -0.3 is 30.3 Å². The van der Waals surface area contributed by atoms with Crippen molar-refractivity contribution in [3.8, 4) is 0 Å². The monoisotopic (exact) mass is 652 g/mol. The SMILES string of the molecule is CC(C)(C)P(c1ccc[c-]1P(C(C)(C)C)C(C)(C)C)C(C)(C)C.Cl.Cl.[Fe].[Pd].[cH-]1[cH-][cH-][cH-][cH-]1. The Hall–Kier alpha value is 1.32. The Morgan fingerprint density at radius 3 is 1.19 bits per heavy atom. The Bertz CT molecular complexity index is 608. The minimum Gasteiger partial charge on any atom is -0.748 e. The predicted octanol–water partition coefficient (Wildman–Crippen LogP) is 9.06. The minimum atomic E-state index is -0.232. The molecule has 0 aliphatic rings. The molecule has 2 rings (SSSR count). The van der Waals surface area contributed by atoms with Gasteiger partial charge in [0.1, 0.15) is 0 Å². The normalized spacial score (nSPS) is 11.9. The van der Waals surface area contributed by atoms with E-state index in [1.54, 1.807) is 10.6 Å². The topological polar surface area (TPSA) is 0 Å². The molecule has 32 heavy (non-hydrogen) atoms. The summed E-state index contributed by atoms with van der Waals surface area (Å²) in [4.78, 5) is 0. The average molecular weight is 654 g/mol. The Morgan fingerprint density at radius 1 is 0.625 bits per heavy atom. The van der Waals surface area contributed by atoms with Crippen molar-refractivity contribution >= 4 is 51.3 Å². The zero-order chi connectivity index (χ0) is 22.0. The number of rotatable bonds is 2. The van der Waals surface area contributed by atoms with Gasteiger partial charge >= 0.3 is 0 Å². The first-order valence-corrected chi connectivity index (χ1v) is 13.2. The van der Waals surface area contributed by atoms with Crippen LogP contribution in [0.15, 0.2) is 48.5 Å². The van der Waals surface area contributed by atoms with E-state index in [9.17, 15) is 0 Å². The minimum absolute atomic E-state index is 0. The maximum atomic E-state index is 2.43. The van der Waals surface area contributed by atoms with Crippen LogP contribution in [0.3, 0.4) is 0 Å². The molecule has 0 aromatic heterocycles. The van der Waals surface area contributed by atoms with Crippen molar-refractivity contribution in [2.75, 3.05) is 0 Å². The summed E-state index contributed by atoms with van der Waals surface area (Å²) in [6.07, 6.45) is 0. The van der Waals surface area contributed by atoms with Gasteiger partial charge in [0, 0.05) is 37.5 Å². The molecule has 0 atom stereocenters. The van der Waals surface area contributed by atoms with E-state index in [-0.39, 0.29) is 78.1 Å². The average Bonchev–Trinajstić information content (AvgIpc) is 3.07. The second kappa shape index (κ2) is 15.4. The van der Waals surface area contributed by atoms with Gasteiger partial charge in [-0.15, -0.1) is 43.3 Å². The van der Waals surface area contributed by atoms with Gasteiger partial charge in [-0.25, -0.2) is 12.1 Å². The second-order valence-corrected chi connectivity index (χ2v) is 19.3. The van der Waals surface area contributed by atoms with E-state index in [4.69, 9.17) is 0 Å². The molecule has 0 radical (unpaired) electrons. The summed E-state index contributed by atoms with van der Waals surface area (Å²) in [5.41, 5.74) is 0. The molecule has 2 aromatic rings. The van der Waals surface area contributed by atoms with E-state index < -0.39 is 0 Å². The third kappa shape index (κ3) is 12.3. The molecular weight excluding hydrogens is 607 g/mol. The number of halogens is 2. The van der Waals surface area contributed by atoms with Crippen molar-refractivity contribution in [3.63, 3.8) is 0 Å². The molecule has 0 heterocycles. The quantitative estimate of drug-likeness (QED) is 0.172. The molecule has 0 saturated carbocycles. The van der Waals surface area contributed by atoms with E-state index in [2.05, 4.69) is 101 Å². The molecule has 0 N–H and O–H groups in total. The van der Waals surface area contributed by atoms with Crippen molar-refractivity contribution in [3.05, 3.63) is 48.5 Å². The van der Waals surface area contributed by atoms with Crippen LogP contribution in [0, 0.1) is 0 Å². The maximum absolute atomic E-state index is 2.43. The summed E-state index contributed by atoms with van der Waals surface area (Å²) in [6.45, 7) is 29.1. The van der Waals surface area contributed by atoms with Crippen LogP contribution in [0.2, 0.25) is 0 Å². The fraction of sp³-hybridized carbons (Fsp3) is 0.615. The second-order valence-electron chi connectivity index (χ2n) is 11.6. The van der Waals surface area contributed by atoms with Gasteiger partial charge in [-0.05, 0) is 20.6 Å². The zero-order valence-corrected chi connectivity index (χ0v) is 28.1. The molecule has 0 nitrogen and oxygen atoms in total. The zero-order valence-electron chi connectivity index (χ0n) is 22.0. The summed E-state index contributed by atoms with van der Waals surface area (Å²) in [6, 6.07) is 17.2. The standard InChI is InChI=1S/C21H39P2.C5H5.2ClH.Fe.Pd/c1-18(2,3)22(19(4,5)6)16-14-13-15-17(16)23(20(7,8)9)21(10,11)12;1-2-4-5-3-1;;;;/h13-15H,1-12H3;1-5H;2*1H;;/q-1;-5;;;;. The molecule has 0 unspecified atom stereocenters. The molecule has 0 spiro atoms. The summed E-state index contributed by atoms with van der Waals surface area (Å²) in [7, 11) is -0.464. The fourth-order valence-corrected chi connectivity index (χ4v) is 13.2. The molecule has 0 fully saturated rings. The summed E-state index contributed by atoms with van der Waals surface area (Å²) < 4.78 is 0. The molecule has 198 valence electrons. The Labute approximate surface area is 239 Å². The molecule has 2 aromatic carbocycles. The van der Waals surface area contributed by atoms with Gasteiger partial charge in [0.25, 0.3) is 0 Å². The van der Waals surface area contributed by atoms with Crippen molar-refractivity contribution in [2.24, 2.45) is 0 Å². The van der Waals surface area contributed by atoms with Gasteiger partial charge in [0.15, 0.2) is 0 Å². The fourth-order valence-electron chi connectivity index (χ4n) is 4.56. The Kier molecular flexibility index (Phi) is 19.5. The van der Waals surface area contributed by atoms with Crippen molar-refractivity contribution in [1.29, 1.82) is 0 Å².